The number of benzene rings is 2. The van der Waals surface area contributed by atoms with Crippen molar-refractivity contribution in [3.63, 3.8) is 0 Å². The third-order valence-electron chi connectivity index (χ3n) is 7.06. The Hall–Kier alpha value is -2.77. The maximum absolute atomic E-state index is 13.7. The maximum atomic E-state index is 13.7. The fourth-order valence-corrected chi connectivity index (χ4v) is 6.21. The average Bonchev–Trinajstić information content (AvgIpc) is 3.42. The van der Waals surface area contributed by atoms with Gasteiger partial charge in [-0.1, -0.05) is 29.8 Å². The van der Waals surface area contributed by atoms with Crippen molar-refractivity contribution >= 4 is 40.7 Å². The first-order chi connectivity index (χ1) is 14.5. The van der Waals surface area contributed by atoms with Crippen LogP contribution < -0.4 is 10.2 Å². The van der Waals surface area contributed by atoms with E-state index in [0.717, 1.165) is 29.4 Å². The molecule has 4 aliphatic heterocycles. The molecule has 8 heteroatoms. The molecular weight excluding hydrogens is 409 g/mol. The lowest BCUT2D eigenvalue weighted by atomic mass is 9.75. The monoisotopic (exact) mass is 425 g/mol. The molecule has 0 aromatic heterocycles. The fourth-order valence-electron chi connectivity index (χ4n) is 6.04. The number of halogens is 2. The number of rotatable bonds is 1. The molecular formula is C22H17ClFN3O3. The van der Waals surface area contributed by atoms with Crippen LogP contribution in [0.4, 0.5) is 15.8 Å². The van der Waals surface area contributed by atoms with Crippen LogP contribution in [0, 0.1) is 17.7 Å². The third-order valence-corrected chi connectivity index (χ3v) is 7.35. The summed E-state index contributed by atoms with van der Waals surface area (Å²) < 4.78 is 13.7. The molecule has 0 aliphatic carbocycles. The molecule has 1 spiro atoms. The van der Waals surface area contributed by atoms with Crippen LogP contribution >= 0.6 is 11.6 Å². The van der Waals surface area contributed by atoms with E-state index in [2.05, 4.69) is 10.2 Å². The molecule has 0 radical (unpaired) electrons. The zero-order valence-electron chi connectivity index (χ0n) is 15.8. The maximum Gasteiger partial charge on any atom is 0.250 e. The van der Waals surface area contributed by atoms with Crippen LogP contribution in [-0.4, -0.2) is 35.2 Å². The average molecular weight is 426 g/mol. The molecule has 3 fully saturated rings. The number of amides is 3. The van der Waals surface area contributed by atoms with Gasteiger partial charge in [-0.2, -0.15) is 0 Å². The Bertz CT molecular complexity index is 1150. The van der Waals surface area contributed by atoms with Gasteiger partial charge in [0.15, 0.2) is 0 Å². The van der Waals surface area contributed by atoms with Crippen LogP contribution in [0.5, 0.6) is 0 Å². The number of hydrogen-bond acceptors (Lipinski definition) is 4. The standard InChI is InChI=1S/C22H17ClFN3O3/c23-13-10-11(7-8-14(13)24)27-19(28)17-16-6-3-9-26(16)22(18(17)20(27)29)12-4-1-2-5-15(12)25-21(22)30/h1-2,4-5,7-8,10,16-18H,3,6,9H2,(H,25,30)/t16-,17+,18-,22+/m1/s1. The molecule has 1 N–H and O–H groups in total. The topological polar surface area (TPSA) is 69.7 Å². The minimum atomic E-state index is -1.20. The Kier molecular flexibility index (Phi) is 3.54. The van der Waals surface area contributed by atoms with E-state index in [4.69, 9.17) is 11.6 Å². The summed E-state index contributed by atoms with van der Waals surface area (Å²) in [5, 5.41) is 2.77. The Morgan fingerprint density at radius 3 is 2.70 bits per heavy atom. The largest absolute Gasteiger partial charge is 0.324 e. The molecule has 3 amide bonds. The third kappa shape index (κ3) is 1.95. The highest BCUT2D eigenvalue weighted by Gasteiger charge is 2.74. The van der Waals surface area contributed by atoms with E-state index >= 15 is 0 Å². The van der Waals surface area contributed by atoms with E-state index in [1.165, 1.54) is 12.1 Å². The quantitative estimate of drug-likeness (QED) is 0.713. The van der Waals surface area contributed by atoms with Crippen molar-refractivity contribution in [2.24, 2.45) is 11.8 Å². The SMILES string of the molecule is O=C1[C@H]2[C@H]3CCCN3[C@]3(C(=O)Nc4ccccc43)[C@H]2C(=O)N1c1ccc(F)c(Cl)c1. The van der Waals surface area contributed by atoms with Crippen LogP contribution in [0.2, 0.25) is 5.02 Å². The highest BCUT2D eigenvalue weighted by molar-refractivity contribution is 6.32. The molecule has 4 aliphatic rings. The Morgan fingerprint density at radius 1 is 1.10 bits per heavy atom. The number of carbonyl (C=O) groups is 3. The molecule has 2 aromatic rings. The van der Waals surface area contributed by atoms with Gasteiger partial charge in [0.05, 0.1) is 22.5 Å². The molecule has 0 saturated carbocycles. The number of nitrogens with one attached hydrogen (secondary N) is 1. The van der Waals surface area contributed by atoms with Crippen molar-refractivity contribution in [1.29, 1.82) is 0 Å². The van der Waals surface area contributed by atoms with Crippen LogP contribution in [0.15, 0.2) is 42.5 Å². The van der Waals surface area contributed by atoms with E-state index in [1.54, 1.807) is 0 Å². The van der Waals surface area contributed by atoms with Gasteiger partial charge in [0, 0.05) is 17.3 Å². The summed E-state index contributed by atoms with van der Waals surface area (Å²) in [6, 6.07) is 11.0. The second kappa shape index (κ2) is 5.89. The molecule has 4 atom stereocenters. The molecule has 4 heterocycles. The second-order valence-electron chi connectivity index (χ2n) is 8.28. The van der Waals surface area contributed by atoms with Crippen LogP contribution in [0.1, 0.15) is 18.4 Å². The lowest BCUT2D eigenvalue weighted by Gasteiger charge is -2.36. The van der Waals surface area contributed by atoms with Crippen molar-refractivity contribution in [1.82, 2.24) is 4.90 Å². The van der Waals surface area contributed by atoms with Gasteiger partial charge in [0.2, 0.25) is 17.7 Å². The van der Waals surface area contributed by atoms with E-state index < -0.39 is 29.1 Å². The fraction of sp³-hybridized carbons (Fsp3) is 0.318. The van der Waals surface area contributed by atoms with Crippen molar-refractivity contribution in [3.8, 4) is 0 Å². The zero-order valence-corrected chi connectivity index (χ0v) is 16.5. The number of carbonyl (C=O) groups excluding carboxylic acids is 3. The molecule has 6 nitrogen and oxygen atoms in total. The first-order valence-corrected chi connectivity index (χ1v) is 10.3. The summed E-state index contributed by atoms with van der Waals surface area (Å²) in [7, 11) is 0. The van der Waals surface area contributed by atoms with Gasteiger partial charge in [0.1, 0.15) is 11.4 Å². The minimum Gasteiger partial charge on any atom is -0.324 e. The Balaban J connectivity index is 1.55. The highest BCUT2D eigenvalue weighted by atomic mass is 35.5. The number of nitrogens with zero attached hydrogens (tertiary/aromatic N) is 2. The molecule has 2 aromatic carbocycles. The highest BCUT2D eigenvalue weighted by Crippen LogP contribution is 2.60. The first kappa shape index (κ1) is 18.0. The van der Waals surface area contributed by atoms with Gasteiger partial charge in [-0.15, -0.1) is 0 Å². The van der Waals surface area contributed by atoms with Gasteiger partial charge >= 0.3 is 0 Å². The zero-order chi connectivity index (χ0) is 20.8. The van der Waals surface area contributed by atoms with E-state index in [1.807, 2.05) is 24.3 Å². The van der Waals surface area contributed by atoms with E-state index in [9.17, 15) is 18.8 Å². The van der Waals surface area contributed by atoms with Gasteiger partial charge in [-0.05, 0) is 43.7 Å². The lowest BCUT2D eigenvalue weighted by molar-refractivity contribution is -0.135. The van der Waals surface area contributed by atoms with Crippen molar-refractivity contribution in [3.05, 3.63) is 58.9 Å². The normalized spacial score (nSPS) is 32.0. The van der Waals surface area contributed by atoms with Gasteiger partial charge in [-0.25, -0.2) is 9.29 Å². The molecule has 0 unspecified atom stereocenters. The van der Waals surface area contributed by atoms with Crippen LogP contribution in [0.3, 0.4) is 0 Å². The number of fused-ring (bicyclic) bond motifs is 7. The smallest absolute Gasteiger partial charge is 0.250 e. The molecule has 30 heavy (non-hydrogen) atoms. The second-order valence-corrected chi connectivity index (χ2v) is 8.69. The minimum absolute atomic E-state index is 0.161. The van der Waals surface area contributed by atoms with Gasteiger partial charge in [-0.3, -0.25) is 19.3 Å². The summed E-state index contributed by atoms with van der Waals surface area (Å²) >= 11 is 5.91. The van der Waals surface area contributed by atoms with Crippen molar-refractivity contribution in [2.75, 3.05) is 16.8 Å². The van der Waals surface area contributed by atoms with Gasteiger partial charge in [0.25, 0.3) is 0 Å². The first-order valence-electron chi connectivity index (χ1n) is 9.97. The van der Waals surface area contributed by atoms with Crippen molar-refractivity contribution < 1.29 is 18.8 Å². The molecule has 0 bridgehead atoms. The van der Waals surface area contributed by atoms with E-state index in [-0.39, 0.29) is 28.6 Å². The van der Waals surface area contributed by atoms with Crippen LogP contribution in [0.25, 0.3) is 0 Å². The lowest BCUT2D eigenvalue weighted by Crippen LogP contribution is -2.54. The Labute approximate surface area is 176 Å². The van der Waals surface area contributed by atoms with Gasteiger partial charge < -0.3 is 5.32 Å². The summed E-state index contributed by atoms with van der Waals surface area (Å²) in [6.45, 7) is 0.655. The number of imide groups is 1. The predicted molar refractivity (Wildman–Crippen MR) is 107 cm³/mol. The summed E-state index contributed by atoms with van der Waals surface area (Å²) in [4.78, 5) is 43.8. The molecule has 6 rings (SSSR count). The van der Waals surface area contributed by atoms with E-state index in [0.29, 0.717) is 12.2 Å². The number of anilines is 2. The summed E-state index contributed by atoms with van der Waals surface area (Å²) in [5.41, 5.74) is 0.456. The summed E-state index contributed by atoms with van der Waals surface area (Å²) in [5.74, 6) is -3.12. The molecule has 3 saturated heterocycles. The van der Waals surface area contributed by atoms with Crippen molar-refractivity contribution in [2.45, 2.75) is 24.4 Å². The molecule has 152 valence electrons. The number of hydrogen-bond donors (Lipinski definition) is 1. The van der Waals surface area contributed by atoms with Crippen LogP contribution in [-0.2, 0) is 19.9 Å². The predicted octanol–water partition coefficient (Wildman–Crippen LogP) is 2.91. The Morgan fingerprint density at radius 2 is 1.90 bits per heavy atom. The number of para-hydroxylation sites is 1. The summed E-state index contributed by atoms with van der Waals surface area (Å²) in [6.07, 6.45) is 1.60.